The molecule has 0 saturated carbocycles. The number of para-hydroxylation sites is 3. The Morgan fingerprint density at radius 2 is 0.907 bits per heavy atom. The molecule has 0 fully saturated rings. The van der Waals surface area contributed by atoms with Crippen LogP contribution in [0.5, 0.6) is 0 Å². The van der Waals surface area contributed by atoms with Crippen molar-refractivity contribution >= 4 is 60.8 Å². The zero-order chi connectivity index (χ0) is 49.8. The van der Waals surface area contributed by atoms with Crippen LogP contribution in [0.2, 0.25) is 0 Å². The standard InChI is InChI=1S/C73H56N2/c1-73(2)65-25-10-9-24-59(65)60-39-36-54(44-66(60)73)53-22-15-23-55(43-53)71-61-40-37-58(75-69-28-13-7-19-50(69)33-34-51-20-8-14-29-70(51)75)46-64(61)72(56-35-30-47-16-3-4-21-52(47)42-56)62-41-38-57(45-63(62)71)74-67-26-11-5-17-48(67)31-32-49-18-6-12-27-68(49)74/h3-5,7-17,19-30,35-46H,6,18,31-34H2,1-2H3. The van der Waals surface area contributed by atoms with E-state index < -0.39 is 0 Å². The van der Waals surface area contributed by atoms with Crippen LogP contribution in [0.25, 0.3) is 76.8 Å². The van der Waals surface area contributed by atoms with Gasteiger partial charge in [0.25, 0.3) is 0 Å². The van der Waals surface area contributed by atoms with E-state index in [2.05, 4.69) is 254 Å². The molecule has 15 rings (SSSR count). The number of anilines is 5. The maximum atomic E-state index is 2.58. The molecule has 4 aliphatic rings. The van der Waals surface area contributed by atoms with Gasteiger partial charge in [-0.05, 0) is 215 Å². The van der Waals surface area contributed by atoms with Crippen LogP contribution in [0.1, 0.15) is 60.9 Å². The van der Waals surface area contributed by atoms with Crippen LogP contribution in [0.15, 0.2) is 242 Å². The molecule has 2 heterocycles. The molecule has 0 spiro atoms. The largest absolute Gasteiger partial charge is 0.310 e. The van der Waals surface area contributed by atoms with Crippen LogP contribution < -0.4 is 9.80 Å². The lowest BCUT2D eigenvalue weighted by atomic mass is 9.81. The third-order valence-corrected chi connectivity index (χ3v) is 17.3. The fourth-order valence-electron chi connectivity index (χ4n) is 13.6. The average molecular weight is 961 g/mol. The summed E-state index contributed by atoms with van der Waals surface area (Å²) in [5, 5.41) is 7.44. The Balaban J connectivity index is 1.03. The molecule has 11 aromatic carbocycles. The third-order valence-electron chi connectivity index (χ3n) is 17.3. The first-order valence-electron chi connectivity index (χ1n) is 27.0. The van der Waals surface area contributed by atoms with Gasteiger partial charge in [0, 0.05) is 39.5 Å². The van der Waals surface area contributed by atoms with Gasteiger partial charge in [-0.2, -0.15) is 0 Å². The van der Waals surface area contributed by atoms with Gasteiger partial charge in [-0.3, -0.25) is 0 Å². The second-order valence-corrected chi connectivity index (χ2v) is 21.8. The monoisotopic (exact) mass is 960 g/mol. The number of allylic oxidation sites excluding steroid dienone is 3. The highest BCUT2D eigenvalue weighted by Gasteiger charge is 2.35. The Morgan fingerprint density at radius 1 is 0.360 bits per heavy atom. The second-order valence-electron chi connectivity index (χ2n) is 21.8. The average Bonchev–Trinajstić information content (AvgIpc) is 3.59. The second kappa shape index (κ2) is 17.2. The van der Waals surface area contributed by atoms with E-state index in [1.165, 1.54) is 133 Å². The van der Waals surface area contributed by atoms with Crippen molar-refractivity contribution < 1.29 is 0 Å². The zero-order valence-electron chi connectivity index (χ0n) is 42.6. The van der Waals surface area contributed by atoms with Crippen molar-refractivity contribution in [3.8, 4) is 44.5 Å². The van der Waals surface area contributed by atoms with Crippen LogP contribution in [-0.2, 0) is 24.7 Å². The van der Waals surface area contributed by atoms with Gasteiger partial charge in [0.1, 0.15) is 0 Å². The lowest BCUT2D eigenvalue weighted by Crippen LogP contribution is -2.18. The number of hydrogen-bond donors (Lipinski definition) is 0. The van der Waals surface area contributed by atoms with Crippen LogP contribution in [-0.4, -0.2) is 0 Å². The molecule has 2 nitrogen and oxygen atoms in total. The SMILES string of the molecule is CC1(C)c2ccccc2-c2ccc(-c3cccc(-c4c5ccc(N6c7ccccc7CCc7ccccc76)cc5c(-c5ccc6ccccc6c5)c5ccc(N6C7=C(CCC=C7)CCc7ccccc76)cc45)c3)cc21. The van der Waals surface area contributed by atoms with Gasteiger partial charge >= 0.3 is 0 Å². The van der Waals surface area contributed by atoms with E-state index in [1.54, 1.807) is 5.57 Å². The van der Waals surface area contributed by atoms with Crippen LogP contribution in [0, 0.1) is 0 Å². The van der Waals surface area contributed by atoms with E-state index in [0.29, 0.717) is 0 Å². The van der Waals surface area contributed by atoms with Crippen molar-refractivity contribution in [2.45, 2.75) is 57.8 Å². The number of hydrogen-bond acceptors (Lipinski definition) is 2. The predicted molar refractivity (Wildman–Crippen MR) is 317 cm³/mol. The first kappa shape index (κ1) is 43.8. The minimum atomic E-state index is -0.0954. The van der Waals surface area contributed by atoms with Crippen molar-refractivity contribution in [1.82, 2.24) is 0 Å². The van der Waals surface area contributed by atoms with Crippen LogP contribution >= 0.6 is 0 Å². The zero-order valence-corrected chi connectivity index (χ0v) is 42.6. The summed E-state index contributed by atoms with van der Waals surface area (Å²) in [6, 6.07) is 83.3. The Morgan fingerprint density at radius 3 is 1.63 bits per heavy atom. The highest BCUT2D eigenvalue weighted by atomic mass is 15.2. The normalized spacial score (nSPS) is 15.2. The molecule has 0 atom stereocenters. The molecule has 75 heavy (non-hydrogen) atoms. The number of fused-ring (bicyclic) bond motifs is 9. The fraction of sp³-hybridized carbons (Fsp3) is 0.123. The predicted octanol–water partition coefficient (Wildman–Crippen LogP) is 19.7. The summed E-state index contributed by atoms with van der Waals surface area (Å²) in [5.74, 6) is 0. The first-order valence-corrected chi connectivity index (χ1v) is 27.0. The summed E-state index contributed by atoms with van der Waals surface area (Å²) < 4.78 is 0. The van der Waals surface area contributed by atoms with Gasteiger partial charge in [-0.1, -0.05) is 178 Å². The first-order chi connectivity index (χ1) is 36.9. The Bertz CT molecular complexity index is 4190. The summed E-state index contributed by atoms with van der Waals surface area (Å²) >= 11 is 0. The van der Waals surface area contributed by atoms with Crippen LogP contribution in [0.4, 0.5) is 28.4 Å². The molecule has 0 radical (unpaired) electrons. The summed E-state index contributed by atoms with van der Waals surface area (Å²) in [4.78, 5) is 5.11. The molecule has 0 amide bonds. The van der Waals surface area contributed by atoms with Gasteiger partial charge in [-0.15, -0.1) is 0 Å². The van der Waals surface area contributed by atoms with Crippen molar-refractivity contribution in [2.24, 2.45) is 0 Å². The maximum absolute atomic E-state index is 2.58. The van der Waals surface area contributed by atoms with E-state index in [0.717, 1.165) is 44.2 Å². The van der Waals surface area contributed by atoms with Crippen molar-refractivity contribution in [3.63, 3.8) is 0 Å². The smallest absolute Gasteiger partial charge is 0.0493 e. The van der Waals surface area contributed by atoms with Gasteiger partial charge in [0.15, 0.2) is 0 Å². The van der Waals surface area contributed by atoms with Crippen molar-refractivity contribution in [2.75, 3.05) is 9.80 Å². The minimum Gasteiger partial charge on any atom is -0.310 e. The molecular formula is C73H56N2. The summed E-state index contributed by atoms with van der Waals surface area (Å²) in [6.45, 7) is 4.76. The fourth-order valence-corrected chi connectivity index (χ4v) is 13.6. The van der Waals surface area contributed by atoms with E-state index in [4.69, 9.17) is 0 Å². The Kier molecular flexibility index (Phi) is 10.0. The lowest BCUT2D eigenvalue weighted by Gasteiger charge is -2.30. The molecule has 358 valence electrons. The molecule has 2 aliphatic heterocycles. The molecule has 0 N–H and O–H groups in total. The van der Waals surface area contributed by atoms with E-state index in [1.807, 2.05) is 0 Å². The summed E-state index contributed by atoms with van der Waals surface area (Å²) in [7, 11) is 0. The maximum Gasteiger partial charge on any atom is 0.0493 e. The molecule has 0 saturated heterocycles. The number of benzene rings is 11. The van der Waals surface area contributed by atoms with Gasteiger partial charge in [0.2, 0.25) is 0 Å². The molecular weight excluding hydrogens is 905 g/mol. The van der Waals surface area contributed by atoms with Gasteiger partial charge in [0.05, 0.1) is 0 Å². The van der Waals surface area contributed by atoms with Crippen molar-refractivity contribution in [1.29, 1.82) is 0 Å². The molecule has 0 bridgehead atoms. The topological polar surface area (TPSA) is 6.48 Å². The van der Waals surface area contributed by atoms with E-state index >= 15 is 0 Å². The molecule has 0 aromatic heterocycles. The minimum absolute atomic E-state index is 0.0954. The molecule has 2 heteroatoms. The summed E-state index contributed by atoms with van der Waals surface area (Å²) in [5.41, 5.74) is 25.9. The number of nitrogens with zero attached hydrogens (tertiary/aromatic N) is 2. The highest BCUT2D eigenvalue weighted by molar-refractivity contribution is 6.23. The van der Waals surface area contributed by atoms with Crippen LogP contribution in [0.3, 0.4) is 0 Å². The lowest BCUT2D eigenvalue weighted by molar-refractivity contribution is 0.660. The van der Waals surface area contributed by atoms with E-state index in [-0.39, 0.29) is 5.41 Å². The quantitative estimate of drug-likeness (QED) is 0.159. The number of aryl methyl sites for hydroxylation is 3. The van der Waals surface area contributed by atoms with Gasteiger partial charge < -0.3 is 9.80 Å². The number of rotatable bonds is 5. The Labute approximate surface area is 440 Å². The van der Waals surface area contributed by atoms with Gasteiger partial charge in [-0.25, -0.2) is 0 Å². The Hall–Kier alpha value is -8.72. The molecule has 0 unspecified atom stereocenters. The van der Waals surface area contributed by atoms with Crippen molar-refractivity contribution in [3.05, 3.63) is 270 Å². The molecule has 2 aliphatic carbocycles. The third kappa shape index (κ3) is 7.00. The molecule has 11 aromatic rings. The highest BCUT2D eigenvalue weighted by Crippen LogP contribution is 2.53. The summed E-state index contributed by atoms with van der Waals surface area (Å²) in [6.07, 6.45) is 11.1. The van der Waals surface area contributed by atoms with E-state index in [9.17, 15) is 0 Å².